The molecule has 3 aromatic rings. The SMILES string of the molecule is CCc1ccc(NC(=O)C(CC)Sc2nnc(CS(=O)(=O)c3ccccc3)n2C)cc1. The van der Waals surface area contributed by atoms with E-state index in [1.807, 2.05) is 31.2 Å². The number of thioether (sulfide) groups is 1. The van der Waals surface area contributed by atoms with Gasteiger partial charge >= 0.3 is 0 Å². The molecular formula is C22H26N4O3S2. The number of rotatable bonds is 9. The molecule has 0 saturated heterocycles. The highest BCUT2D eigenvalue weighted by Crippen LogP contribution is 2.26. The molecule has 2 aromatic carbocycles. The van der Waals surface area contributed by atoms with Gasteiger partial charge in [-0.1, -0.05) is 55.9 Å². The zero-order valence-corrected chi connectivity index (χ0v) is 19.4. The Hall–Kier alpha value is -2.65. The Morgan fingerprint density at radius 3 is 2.35 bits per heavy atom. The Labute approximate surface area is 187 Å². The molecule has 0 aliphatic carbocycles. The van der Waals surface area contributed by atoms with E-state index in [-0.39, 0.29) is 21.8 Å². The molecule has 1 amide bonds. The van der Waals surface area contributed by atoms with Crippen LogP contribution < -0.4 is 5.32 Å². The molecule has 7 nitrogen and oxygen atoms in total. The molecule has 0 aliphatic rings. The lowest BCUT2D eigenvalue weighted by atomic mass is 10.1. The minimum atomic E-state index is -3.53. The van der Waals surface area contributed by atoms with Crippen LogP contribution in [0.3, 0.4) is 0 Å². The summed E-state index contributed by atoms with van der Waals surface area (Å²) >= 11 is 1.28. The lowest BCUT2D eigenvalue weighted by molar-refractivity contribution is -0.115. The van der Waals surface area contributed by atoms with Crippen LogP contribution in [-0.2, 0) is 33.9 Å². The van der Waals surface area contributed by atoms with Gasteiger partial charge in [0.2, 0.25) is 5.91 Å². The van der Waals surface area contributed by atoms with Gasteiger partial charge in [0.05, 0.1) is 10.1 Å². The van der Waals surface area contributed by atoms with E-state index in [0.717, 1.165) is 12.1 Å². The predicted octanol–water partition coefficient (Wildman–Crippen LogP) is 3.86. The average Bonchev–Trinajstić information content (AvgIpc) is 3.11. The molecule has 1 unspecified atom stereocenters. The molecule has 1 N–H and O–H groups in total. The maximum Gasteiger partial charge on any atom is 0.237 e. The maximum absolute atomic E-state index is 12.7. The average molecular weight is 459 g/mol. The molecule has 0 fully saturated rings. The number of hydrogen-bond donors (Lipinski definition) is 1. The number of aryl methyl sites for hydroxylation is 1. The van der Waals surface area contributed by atoms with Crippen molar-refractivity contribution in [2.75, 3.05) is 5.32 Å². The number of sulfone groups is 1. The summed E-state index contributed by atoms with van der Waals surface area (Å²) in [5.41, 5.74) is 1.95. The Kier molecular flexibility index (Phi) is 7.50. The molecule has 0 radical (unpaired) electrons. The molecule has 1 heterocycles. The third-order valence-electron chi connectivity index (χ3n) is 4.89. The van der Waals surface area contributed by atoms with Crippen molar-refractivity contribution in [1.82, 2.24) is 14.8 Å². The molecule has 1 aromatic heterocycles. The van der Waals surface area contributed by atoms with Crippen LogP contribution in [0.2, 0.25) is 0 Å². The van der Waals surface area contributed by atoms with Gasteiger partial charge in [-0.05, 0) is 42.7 Å². The van der Waals surface area contributed by atoms with Crippen molar-refractivity contribution in [3.8, 4) is 0 Å². The summed E-state index contributed by atoms with van der Waals surface area (Å²) in [7, 11) is -1.82. The Balaban J connectivity index is 1.69. The fraction of sp³-hybridized carbons (Fsp3) is 0.318. The minimum absolute atomic E-state index is 0.127. The van der Waals surface area contributed by atoms with Gasteiger partial charge < -0.3 is 9.88 Å². The van der Waals surface area contributed by atoms with Crippen LogP contribution in [0.15, 0.2) is 64.6 Å². The van der Waals surface area contributed by atoms with Crippen molar-refractivity contribution in [2.45, 2.75) is 47.7 Å². The number of nitrogens with zero attached hydrogens (tertiary/aromatic N) is 3. The normalized spacial score (nSPS) is 12.5. The number of carbonyl (C=O) groups is 1. The number of nitrogens with one attached hydrogen (secondary N) is 1. The fourth-order valence-electron chi connectivity index (χ4n) is 2.95. The quantitative estimate of drug-likeness (QED) is 0.489. The largest absolute Gasteiger partial charge is 0.325 e. The summed E-state index contributed by atoms with van der Waals surface area (Å²) < 4.78 is 26.9. The van der Waals surface area contributed by atoms with Gasteiger partial charge in [0.25, 0.3) is 0 Å². The van der Waals surface area contributed by atoms with Crippen LogP contribution >= 0.6 is 11.8 Å². The van der Waals surface area contributed by atoms with Crippen LogP contribution in [0.5, 0.6) is 0 Å². The Morgan fingerprint density at radius 2 is 1.74 bits per heavy atom. The van der Waals surface area contributed by atoms with Gasteiger partial charge in [0.15, 0.2) is 15.0 Å². The third-order valence-corrected chi connectivity index (χ3v) is 7.91. The van der Waals surface area contributed by atoms with E-state index in [2.05, 4.69) is 22.4 Å². The van der Waals surface area contributed by atoms with E-state index in [4.69, 9.17) is 0 Å². The first-order valence-electron chi connectivity index (χ1n) is 10.1. The van der Waals surface area contributed by atoms with Crippen molar-refractivity contribution < 1.29 is 13.2 Å². The van der Waals surface area contributed by atoms with Crippen LogP contribution in [-0.4, -0.2) is 34.3 Å². The topological polar surface area (TPSA) is 94.0 Å². The second-order valence-electron chi connectivity index (χ2n) is 7.08. The van der Waals surface area contributed by atoms with E-state index in [1.54, 1.807) is 41.9 Å². The second kappa shape index (κ2) is 10.1. The summed E-state index contributed by atoms with van der Waals surface area (Å²) in [6.45, 7) is 4.01. The minimum Gasteiger partial charge on any atom is -0.325 e. The predicted molar refractivity (Wildman–Crippen MR) is 123 cm³/mol. The van der Waals surface area contributed by atoms with Gasteiger partial charge in [0, 0.05) is 12.7 Å². The lowest BCUT2D eigenvalue weighted by Crippen LogP contribution is -2.25. The van der Waals surface area contributed by atoms with E-state index in [9.17, 15) is 13.2 Å². The molecule has 31 heavy (non-hydrogen) atoms. The van der Waals surface area contributed by atoms with Crippen molar-refractivity contribution in [3.63, 3.8) is 0 Å². The fourth-order valence-corrected chi connectivity index (χ4v) is 5.22. The first kappa shape index (κ1) is 23.0. The van der Waals surface area contributed by atoms with Crippen LogP contribution in [0.4, 0.5) is 5.69 Å². The van der Waals surface area contributed by atoms with Gasteiger partial charge in [0.1, 0.15) is 11.6 Å². The van der Waals surface area contributed by atoms with E-state index in [0.29, 0.717) is 17.4 Å². The number of benzene rings is 2. The number of hydrogen-bond acceptors (Lipinski definition) is 6. The van der Waals surface area contributed by atoms with E-state index >= 15 is 0 Å². The van der Waals surface area contributed by atoms with Crippen LogP contribution in [0.25, 0.3) is 0 Å². The highest BCUT2D eigenvalue weighted by Gasteiger charge is 2.24. The van der Waals surface area contributed by atoms with Crippen molar-refractivity contribution in [1.29, 1.82) is 0 Å². The zero-order chi connectivity index (χ0) is 22.4. The summed E-state index contributed by atoms with van der Waals surface area (Å²) in [5, 5.41) is 11.2. The molecule has 0 bridgehead atoms. The van der Waals surface area contributed by atoms with Gasteiger partial charge in [-0.15, -0.1) is 10.2 Å². The number of amides is 1. The van der Waals surface area contributed by atoms with Gasteiger partial charge in [-0.2, -0.15) is 0 Å². The number of aromatic nitrogens is 3. The van der Waals surface area contributed by atoms with Crippen molar-refractivity contribution in [2.24, 2.45) is 7.05 Å². The smallest absolute Gasteiger partial charge is 0.237 e. The molecule has 1 atom stereocenters. The molecule has 0 saturated carbocycles. The third kappa shape index (κ3) is 5.74. The number of anilines is 1. The van der Waals surface area contributed by atoms with Gasteiger partial charge in [-0.3, -0.25) is 4.79 Å². The van der Waals surface area contributed by atoms with Crippen molar-refractivity contribution >= 4 is 33.2 Å². The van der Waals surface area contributed by atoms with Crippen LogP contribution in [0.1, 0.15) is 31.7 Å². The van der Waals surface area contributed by atoms with Crippen LogP contribution in [0, 0.1) is 0 Å². The maximum atomic E-state index is 12.7. The summed E-state index contributed by atoms with van der Waals surface area (Å²) in [6, 6.07) is 16.0. The molecule has 9 heteroatoms. The Bertz CT molecular complexity index is 1130. The lowest BCUT2D eigenvalue weighted by Gasteiger charge is -2.14. The first-order chi connectivity index (χ1) is 14.8. The van der Waals surface area contributed by atoms with E-state index < -0.39 is 9.84 Å². The van der Waals surface area contributed by atoms with Crippen molar-refractivity contribution in [3.05, 3.63) is 66.0 Å². The summed E-state index contributed by atoms with van der Waals surface area (Å²) in [4.78, 5) is 13.0. The summed E-state index contributed by atoms with van der Waals surface area (Å²) in [5.74, 6) is -0.0524. The second-order valence-corrected chi connectivity index (χ2v) is 10.2. The summed E-state index contributed by atoms with van der Waals surface area (Å²) in [6.07, 6.45) is 1.53. The van der Waals surface area contributed by atoms with Gasteiger partial charge in [-0.25, -0.2) is 8.42 Å². The molecule has 0 spiro atoms. The Morgan fingerprint density at radius 1 is 1.06 bits per heavy atom. The molecule has 0 aliphatic heterocycles. The monoisotopic (exact) mass is 458 g/mol. The zero-order valence-electron chi connectivity index (χ0n) is 17.8. The first-order valence-corrected chi connectivity index (χ1v) is 12.6. The molecular weight excluding hydrogens is 432 g/mol. The molecule has 3 rings (SSSR count). The van der Waals surface area contributed by atoms with E-state index in [1.165, 1.54) is 17.3 Å². The standard InChI is InChI=1S/C22H26N4O3S2/c1-4-16-11-13-17(14-12-16)23-21(27)19(5-2)30-22-25-24-20(26(22)3)15-31(28,29)18-9-7-6-8-10-18/h6-14,19H,4-5,15H2,1-3H3,(H,23,27). The molecule has 164 valence electrons. The highest BCUT2D eigenvalue weighted by atomic mass is 32.2. The highest BCUT2D eigenvalue weighted by molar-refractivity contribution is 8.00. The number of carbonyl (C=O) groups excluding carboxylic acids is 1.